The minimum absolute atomic E-state index is 0.00230. The van der Waals surface area contributed by atoms with Gasteiger partial charge in [-0.1, -0.05) is 6.07 Å². The van der Waals surface area contributed by atoms with Gasteiger partial charge in [0.1, 0.15) is 34.5 Å². The van der Waals surface area contributed by atoms with Gasteiger partial charge in [-0.05, 0) is 38.0 Å². The quantitative estimate of drug-likeness (QED) is 0.540. The van der Waals surface area contributed by atoms with Crippen molar-refractivity contribution in [2.24, 2.45) is 5.73 Å². The Kier molecular flexibility index (Phi) is 5.64. The third-order valence-electron chi connectivity index (χ3n) is 6.09. The number of nitriles is 1. The largest absolute Gasteiger partial charge is 0.496 e. The number of carbonyl (C=O) groups excluding carboxylic acids is 1. The van der Waals surface area contributed by atoms with E-state index in [9.17, 15) is 20.2 Å². The van der Waals surface area contributed by atoms with Crippen LogP contribution in [0, 0.1) is 35.3 Å². The summed E-state index contributed by atoms with van der Waals surface area (Å²) in [6, 6.07) is 7.47. The van der Waals surface area contributed by atoms with Gasteiger partial charge < -0.3 is 15.2 Å². The first-order chi connectivity index (χ1) is 15.8. The van der Waals surface area contributed by atoms with Crippen molar-refractivity contribution in [2.45, 2.75) is 45.6 Å². The van der Waals surface area contributed by atoms with E-state index in [2.05, 4.69) is 11.2 Å². The third kappa shape index (κ3) is 3.71. The highest BCUT2D eigenvalue weighted by molar-refractivity contribution is 5.99. The van der Waals surface area contributed by atoms with E-state index in [-0.39, 0.29) is 29.5 Å². The van der Waals surface area contributed by atoms with Gasteiger partial charge in [0, 0.05) is 24.0 Å². The van der Waals surface area contributed by atoms with Crippen molar-refractivity contribution in [1.82, 2.24) is 9.78 Å². The second-order valence-electron chi connectivity index (χ2n) is 8.04. The summed E-state index contributed by atoms with van der Waals surface area (Å²) in [5, 5.41) is 25.5. The fraction of sp³-hybridized carbons (Fsp3) is 0.348. The zero-order chi connectivity index (χ0) is 23.9. The van der Waals surface area contributed by atoms with Crippen LogP contribution >= 0.6 is 0 Å². The number of carbonyl (C=O) groups is 1. The molecular formula is C23H23N5O5. The van der Waals surface area contributed by atoms with Crippen LogP contribution in [0.2, 0.25) is 0 Å². The van der Waals surface area contributed by atoms with Crippen LogP contribution in [0.15, 0.2) is 41.0 Å². The lowest BCUT2D eigenvalue weighted by Crippen LogP contribution is -2.27. The molecule has 10 nitrogen and oxygen atoms in total. The van der Waals surface area contributed by atoms with Crippen molar-refractivity contribution in [1.29, 1.82) is 5.26 Å². The van der Waals surface area contributed by atoms with Crippen molar-refractivity contribution in [2.75, 3.05) is 7.11 Å². The van der Waals surface area contributed by atoms with E-state index in [0.717, 1.165) is 0 Å². The molecular weight excluding hydrogens is 426 g/mol. The molecule has 1 aliphatic carbocycles. The molecule has 10 heteroatoms. The summed E-state index contributed by atoms with van der Waals surface area (Å²) >= 11 is 0. The molecule has 4 rings (SSSR count). The highest BCUT2D eigenvalue weighted by Gasteiger charge is 2.38. The molecule has 2 aromatic rings. The Bertz CT molecular complexity index is 1280. The SMILES string of the molecule is COc1ccc([C@H]2C(C#N)=C(N)OC3=C2C(=O)CCC3)cc1Cn1nc(C)c([N+](=O)[O-])c1C. The summed E-state index contributed by atoms with van der Waals surface area (Å²) in [5.41, 5.74) is 8.79. The van der Waals surface area contributed by atoms with Crippen LogP contribution in [-0.4, -0.2) is 27.6 Å². The van der Waals surface area contributed by atoms with Crippen molar-refractivity contribution in [3.63, 3.8) is 0 Å². The predicted molar refractivity (Wildman–Crippen MR) is 117 cm³/mol. The van der Waals surface area contributed by atoms with E-state index in [1.54, 1.807) is 30.7 Å². The van der Waals surface area contributed by atoms with Gasteiger partial charge in [-0.2, -0.15) is 10.4 Å². The Labute approximate surface area is 190 Å². The molecule has 0 radical (unpaired) electrons. The van der Waals surface area contributed by atoms with Gasteiger partial charge in [-0.25, -0.2) is 0 Å². The summed E-state index contributed by atoms with van der Waals surface area (Å²) in [6.07, 6.45) is 1.63. The maximum atomic E-state index is 12.8. The molecule has 0 saturated carbocycles. The predicted octanol–water partition coefficient (Wildman–Crippen LogP) is 3.28. The van der Waals surface area contributed by atoms with Gasteiger partial charge >= 0.3 is 5.69 Å². The molecule has 0 saturated heterocycles. The van der Waals surface area contributed by atoms with Crippen molar-refractivity contribution in [3.8, 4) is 11.8 Å². The summed E-state index contributed by atoms with van der Waals surface area (Å²) in [7, 11) is 1.53. The van der Waals surface area contributed by atoms with Crippen LogP contribution in [0.5, 0.6) is 5.75 Å². The number of nitro groups is 1. The Balaban J connectivity index is 1.82. The van der Waals surface area contributed by atoms with Crippen molar-refractivity contribution < 1.29 is 19.2 Å². The first-order valence-electron chi connectivity index (χ1n) is 10.5. The monoisotopic (exact) mass is 449 g/mol. The fourth-order valence-electron chi connectivity index (χ4n) is 4.56. The zero-order valence-corrected chi connectivity index (χ0v) is 18.5. The average molecular weight is 449 g/mol. The van der Waals surface area contributed by atoms with Gasteiger partial charge in [-0.3, -0.25) is 19.6 Å². The lowest BCUT2D eigenvalue weighted by atomic mass is 9.77. The molecule has 33 heavy (non-hydrogen) atoms. The van der Waals surface area contributed by atoms with Crippen molar-refractivity contribution >= 4 is 11.5 Å². The van der Waals surface area contributed by atoms with E-state index in [1.807, 2.05) is 6.07 Å². The first kappa shape index (κ1) is 22.1. The van der Waals surface area contributed by atoms with E-state index in [4.69, 9.17) is 15.2 Å². The first-order valence-corrected chi connectivity index (χ1v) is 10.5. The highest BCUT2D eigenvalue weighted by Crippen LogP contribution is 2.44. The van der Waals surface area contributed by atoms with Gasteiger partial charge in [0.15, 0.2) is 5.78 Å². The Hall–Kier alpha value is -4.13. The Morgan fingerprint density at radius 1 is 1.39 bits per heavy atom. The number of aryl methyl sites for hydroxylation is 1. The molecule has 1 aromatic heterocycles. The minimum Gasteiger partial charge on any atom is -0.496 e. The number of nitrogens with zero attached hydrogens (tertiary/aromatic N) is 4. The molecule has 0 spiro atoms. The average Bonchev–Trinajstić information content (AvgIpc) is 3.05. The molecule has 0 amide bonds. The second kappa shape index (κ2) is 8.43. The third-order valence-corrected chi connectivity index (χ3v) is 6.09. The topological polar surface area (TPSA) is 146 Å². The van der Waals surface area contributed by atoms with E-state index >= 15 is 0 Å². The molecule has 0 bridgehead atoms. The van der Waals surface area contributed by atoms with Crippen LogP contribution in [-0.2, 0) is 16.1 Å². The molecule has 1 aliphatic heterocycles. The number of methoxy groups -OCH3 is 1. The Morgan fingerprint density at radius 3 is 2.79 bits per heavy atom. The molecule has 1 aromatic carbocycles. The molecule has 0 unspecified atom stereocenters. The standard InChI is InChI=1S/C23H23N5O5/c1-12-22(28(30)31)13(2)27(26-12)11-15-9-14(7-8-18(15)32-3)20-16(10-24)23(25)33-19-6-4-5-17(29)21(19)20/h7-9,20H,4-6,11,25H2,1-3H3/t20-/m0/s1. The lowest BCUT2D eigenvalue weighted by molar-refractivity contribution is -0.386. The number of ketones is 1. The van der Waals surface area contributed by atoms with Crippen LogP contribution in [0.1, 0.15) is 47.7 Å². The van der Waals surface area contributed by atoms with Crippen LogP contribution in [0.3, 0.4) is 0 Å². The van der Waals surface area contributed by atoms with Crippen LogP contribution in [0.4, 0.5) is 5.69 Å². The normalized spacial score (nSPS) is 18.0. The van der Waals surface area contributed by atoms with Crippen LogP contribution < -0.4 is 10.5 Å². The number of hydrogen-bond acceptors (Lipinski definition) is 8. The van der Waals surface area contributed by atoms with E-state index in [0.29, 0.717) is 58.9 Å². The van der Waals surface area contributed by atoms with Gasteiger partial charge in [0.05, 0.1) is 24.5 Å². The second-order valence-corrected chi connectivity index (χ2v) is 8.04. The van der Waals surface area contributed by atoms with Gasteiger partial charge in [0.2, 0.25) is 5.88 Å². The number of rotatable bonds is 5. The lowest BCUT2D eigenvalue weighted by Gasteiger charge is -2.31. The fourth-order valence-corrected chi connectivity index (χ4v) is 4.56. The van der Waals surface area contributed by atoms with Gasteiger partial charge in [-0.15, -0.1) is 0 Å². The highest BCUT2D eigenvalue weighted by atomic mass is 16.6. The number of nitrogens with two attached hydrogens (primary N) is 1. The smallest absolute Gasteiger partial charge is 0.312 e. The number of allylic oxidation sites excluding steroid dienone is 3. The molecule has 2 aliphatic rings. The molecule has 170 valence electrons. The number of benzene rings is 1. The maximum Gasteiger partial charge on any atom is 0.312 e. The molecule has 2 N–H and O–H groups in total. The number of ether oxygens (including phenoxy) is 2. The summed E-state index contributed by atoms with van der Waals surface area (Å²) in [5.74, 6) is 0.362. The summed E-state index contributed by atoms with van der Waals surface area (Å²) < 4.78 is 12.7. The zero-order valence-electron chi connectivity index (χ0n) is 18.5. The summed E-state index contributed by atoms with van der Waals surface area (Å²) in [6.45, 7) is 3.44. The van der Waals surface area contributed by atoms with Crippen molar-refractivity contribution in [3.05, 3.63) is 73.6 Å². The molecule has 1 atom stereocenters. The van der Waals surface area contributed by atoms with Crippen LogP contribution in [0.25, 0.3) is 0 Å². The molecule has 2 heterocycles. The van der Waals surface area contributed by atoms with E-state index in [1.165, 1.54) is 7.11 Å². The number of hydrogen-bond donors (Lipinski definition) is 1. The summed E-state index contributed by atoms with van der Waals surface area (Å²) in [4.78, 5) is 23.8. The molecule has 0 fully saturated rings. The van der Waals surface area contributed by atoms with Gasteiger partial charge in [0.25, 0.3) is 0 Å². The Morgan fingerprint density at radius 2 is 2.15 bits per heavy atom. The maximum absolute atomic E-state index is 12.8. The minimum atomic E-state index is -0.647. The number of Topliss-reactive ketones (excluding diaryl/α,β-unsaturated/α-hetero) is 1. The van der Waals surface area contributed by atoms with E-state index < -0.39 is 10.8 Å². The number of aromatic nitrogens is 2.